The fourth-order valence-electron chi connectivity index (χ4n) is 3.98. The van der Waals surface area contributed by atoms with Gasteiger partial charge in [0, 0.05) is 12.2 Å². The second-order valence-electron chi connectivity index (χ2n) is 8.17. The molecule has 2 N–H and O–H groups in total. The molecule has 0 bridgehead atoms. The number of urea groups is 1. The first kappa shape index (κ1) is 26.0. The number of anilines is 3. The monoisotopic (exact) mass is 481 g/mol. The van der Waals surface area contributed by atoms with Crippen molar-refractivity contribution in [2.75, 3.05) is 61.0 Å². The predicted octanol–water partition coefficient (Wildman–Crippen LogP) is 3.32. The molecular formula is C26H35N5O4. The van der Waals surface area contributed by atoms with Gasteiger partial charge < -0.3 is 20.3 Å². The van der Waals surface area contributed by atoms with Gasteiger partial charge in [0.05, 0.1) is 18.0 Å². The minimum atomic E-state index is -0.421. The van der Waals surface area contributed by atoms with E-state index in [1.807, 2.05) is 6.92 Å². The molecule has 2 aromatic rings. The molecule has 188 valence electrons. The fourth-order valence-corrected chi connectivity index (χ4v) is 3.98. The van der Waals surface area contributed by atoms with Gasteiger partial charge in [-0.15, -0.1) is 0 Å². The molecule has 0 aliphatic carbocycles. The second-order valence-corrected chi connectivity index (χ2v) is 8.17. The quantitative estimate of drug-likeness (QED) is 0.480. The van der Waals surface area contributed by atoms with E-state index in [2.05, 4.69) is 29.4 Å². The van der Waals surface area contributed by atoms with Gasteiger partial charge in [-0.25, -0.2) is 4.79 Å². The number of para-hydroxylation sites is 2. The number of hydrogen-bond acceptors (Lipinski definition) is 5. The highest BCUT2D eigenvalue weighted by Crippen LogP contribution is 2.33. The lowest BCUT2D eigenvalue weighted by Gasteiger charge is -2.35. The van der Waals surface area contributed by atoms with Gasteiger partial charge in [-0.1, -0.05) is 26.0 Å². The molecule has 0 spiro atoms. The number of nitrogens with one attached hydrogen (secondary N) is 2. The number of rotatable bonds is 11. The number of carbonyl (C=O) groups excluding carboxylic acids is 3. The maximum absolute atomic E-state index is 13.0. The molecule has 9 nitrogen and oxygen atoms in total. The van der Waals surface area contributed by atoms with Crippen molar-refractivity contribution in [2.45, 2.75) is 27.2 Å². The van der Waals surface area contributed by atoms with Gasteiger partial charge in [-0.2, -0.15) is 0 Å². The van der Waals surface area contributed by atoms with Gasteiger partial charge in [0.25, 0.3) is 0 Å². The summed E-state index contributed by atoms with van der Waals surface area (Å²) in [6, 6.07) is 13.7. The van der Waals surface area contributed by atoms with Crippen molar-refractivity contribution in [1.29, 1.82) is 0 Å². The number of carbonyl (C=O) groups is 3. The Hall–Kier alpha value is -3.59. The Balaban J connectivity index is 1.63. The Labute approximate surface area is 207 Å². The number of benzene rings is 2. The second kappa shape index (κ2) is 12.8. The van der Waals surface area contributed by atoms with Crippen LogP contribution >= 0.6 is 0 Å². The lowest BCUT2D eigenvalue weighted by molar-refractivity contribution is -0.123. The van der Waals surface area contributed by atoms with E-state index < -0.39 is 6.03 Å². The molecule has 0 saturated carbocycles. The van der Waals surface area contributed by atoms with E-state index in [1.165, 1.54) is 9.80 Å². The molecule has 1 aliphatic rings. The Morgan fingerprint density at radius 2 is 1.69 bits per heavy atom. The van der Waals surface area contributed by atoms with Gasteiger partial charge in [0.1, 0.15) is 18.8 Å². The van der Waals surface area contributed by atoms with E-state index in [9.17, 15) is 14.4 Å². The van der Waals surface area contributed by atoms with E-state index in [0.717, 1.165) is 26.1 Å². The molecule has 0 atom stereocenters. The Morgan fingerprint density at radius 3 is 2.34 bits per heavy atom. The average Bonchev–Trinajstić information content (AvgIpc) is 2.87. The first-order valence-electron chi connectivity index (χ1n) is 12.2. The average molecular weight is 482 g/mol. The summed E-state index contributed by atoms with van der Waals surface area (Å²) in [5.74, 6) is 0.176. The maximum atomic E-state index is 13.0. The molecule has 1 heterocycles. The van der Waals surface area contributed by atoms with E-state index in [1.54, 1.807) is 48.5 Å². The standard InChI is InChI=1S/C26H35N5O4/c1-4-29(5-2)17-9-16-27-24(32)18-30-22-10-7-8-11-23(22)31(19-25(30)33)26(34)28-20-12-14-21(15-13-20)35-6-3/h7-8,10-15H,4-6,9,16-19H2,1-3H3,(H,27,32)(H,28,34). The van der Waals surface area contributed by atoms with Crippen molar-refractivity contribution < 1.29 is 19.1 Å². The number of fused-ring (bicyclic) bond motifs is 1. The maximum Gasteiger partial charge on any atom is 0.326 e. The molecule has 0 unspecified atom stereocenters. The molecule has 9 heteroatoms. The minimum Gasteiger partial charge on any atom is -0.494 e. The largest absolute Gasteiger partial charge is 0.494 e. The van der Waals surface area contributed by atoms with Gasteiger partial charge in [0.15, 0.2) is 0 Å². The summed E-state index contributed by atoms with van der Waals surface area (Å²) in [7, 11) is 0. The summed E-state index contributed by atoms with van der Waals surface area (Å²) in [5.41, 5.74) is 1.70. The van der Waals surface area contributed by atoms with Crippen molar-refractivity contribution >= 4 is 34.9 Å². The van der Waals surface area contributed by atoms with Crippen LogP contribution < -0.4 is 25.2 Å². The summed E-state index contributed by atoms with van der Waals surface area (Å²) in [6.45, 7) is 9.87. The molecule has 3 rings (SSSR count). The Morgan fingerprint density at radius 1 is 1.00 bits per heavy atom. The lowest BCUT2D eigenvalue weighted by atomic mass is 10.1. The zero-order valence-corrected chi connectivity index (χ0v) is 20.8. The van der Waals surface area contributed by atoms with Gasteiger partial charge in [-0.05, 0) is 69.4 Å². The molecular weight excluding hydrogens is 446 g/mol. The number of hydrogen-bond donors (Lipinski definition) is 2. The molecule has 35 heavy (non-hydrogen) atoms. The summed E-state index contributed by atoms with van der Waals surface area (Å²) in [6.07, 6.45) is 0.845. The third kappa shape index (κ3) is 6.95. The molecule has 0 aromatic heterocycles. The molecule has 0 fully saturated rings. The predicted molar refractivity (Wildman–Crippen MR) is 138 cm³/mol. The van der Waals surface area contributed by atoms with Gasteiger partial charge in [0.2, 0.25) is 11.8 Å². The first-order chi connectivity index (χ1) is 17.0. The highest BCUT2D eigenvalue weighted by molar-refractivity contribution is 6.15. The molecule has 0 radical (unpaired) electrons. The van der Waals surface area contributed by atoms with Crippen molar-refractivity contribution in [1.82, 2.24) is 10.2 Å². The smallest absolute Gasteiger partial charge is 0.326 e. The fraction of sp³-hybridized carbons (Fsp3) is 0.423. The van der Waals surface area contributed by atoms with Crippen LogP contribution in [0.3, 0.4) is 0 Å². The van der Waals surface area contributed by atoms with Crippen LogP contribution in [0.15, 0.2) is 48.5 Å². The summed E-state index contributed by atoms with van der Waals surface area (Å²) >= 11 is 0. The zero-order chi connectivity index (χ0) is 25.2. The minimum absolute atomic E-state index is 0.0878. The van der Waals surface area contributed by atoms with E-state index in [-0.39, 0.29) is 24.9 Å². The Bertz CT molecular complexity index is 1010. The van der Waals surface area contributed by atoms with Crippen LogP contribution in [0, 0.1) is 0 Å². The molecule has 4 amide bonds. The highest BCUT2D eigenvalue weighted by Gasteiger charge is 2.33. The topological polar surface area (TPSA) is 94.2 Å². The third-order valence-corrected chi connectivity index (χ3v) is 5.89. The summed E-state index contributed by atoms with van der Waals surface area (Å²) < 4.78 is 5.43. The SMILES string of the molecule is CCOc1ccc(NC(=O)N2CC(=O)N(CC(=O)NCCCN(CC)CC)c3ccccc32)cc1. The normalized spacial score (nSPS) is 13.0. The van der Waals surface area contributed by atoms with Crippen LogP contribution in [0.2, 0.25) is 0 Å². The summed E-state index contributed by atoms with van der Waals surface area (Å²) in [4.78, 5) is 43.7. The van der Waals surface area contributed by atoms with Crippen molar-refractivity contribution in [3.05, 3.63) is 48.5 Å². The lowest BCUT2D eigenvalue weighted by Crippen LogP contribution is -2.52. The van der Waals surface area contributed by atoms with Crippen LogP contribution in [0.4, 0.5) is 21.9 Å². The van der Waals surface area contributed by atoms with Crippen LogP contribution in [-0.4, -0.2) is 68.6 Å². The van der Waals surface area contributed by atoms with Gasteiger partial charge in [-0.3, -0.25) is 19.4 Å². The van der Waals surface area contributed by atoms with E-state index >= 15 is 0 Å². The van der Waals surface area contributed by atoms with Gasteiger partial charge >= 0.3 is 6.03 Å². The van der Waals surface area contributed by atoms with Crippen molar-refractivity contribution in [2.24, 2.45) is 0 Å². The number of ether oxygens (including phenoxy) is 1. The molecule has 2 aromatic carbocycles. The van der Waals surface area contributed by atoms with E-state index in [4.69, 9.17) is 4.74 Å². The first-order valence-corrected chi connectivity index (χ1v) is 12.2. The zero-order valence-electron chi connectivity index (χ0n) is 20.8. The Kier molecular flexibility index (Phi) is 9.48. The van der Waals surface area contributed by atoms with Crippen molar-refractivity contribution in [3.8, 4) is 5.75 Å². The molecule has 1 aliphatic heterocycles. The van der Waals surface area contributed by atoms with Crippen LogP contribution in [-0.2, 0) is 9.59 Å². The van der Waals surface area contributed by atoms with Crippen LogP contribution in [0.25, 0.3) is 0 Å². The molecule has 0 saturated heterocycles. The van der Waals surface area contributed by atoms with E-state index in [0.29, 0.717) is 36.0 Å². The summed E-state index contributed by atoms with van der Waals surface area (Å²) in [5, 5.41) is 5.73. The van der Waals surface area contributed by atoms with Crippen LogP contribution in [0.5, 0.6) is 5.75 Å². The number of amides is 4. The third-order valence-electron chi connectivity index (χ3n) is 5.89. The number of nitrogens with zero attached hydrogens (tertiary/aromatic N) is 3. The van der Waals surface area contributed by atoms with Crippen molar-refractivity contribution in [3.63, 3.8) is 0 Å². The van der Waals surface area contributed by atoms with Crippen LogP contribution in [0.1, 0.15) is 27.2 Å². The highest BCUT2D eigenvalue weighted by atomic mass is 16.5.